The molecule has 0 N–H and O–H groups in total. The van der Waals surface area contributed by atoms with E-state index in [1.807, 2.05) is 30.5 Å². The number of nitrogens with zero attached hydrogens (tertiary/aromatic N) is 1. The van der Waals surface area contributed by atoms with Crippen molar-refractivity contribution in [3.63, 3.8) is 0 Å². The highest BCUT2D eigenvalue weighted by atomic mass is 32.1. The monoisotopic (exact) mass is 261 g/mol. The van der Waals surface area contributed by atoms with Crippen LogP contribution in [0.15, 0.2) is 35.8 Å². The van der Waals surface area contributed by atoms with E-state index in [2.05, 4.69) is 4.98 Å². The van der Waals surface area contributed by atoms with Crippen molar-refractivity contribution < 1.29 is 9.53 Å². The molecule has 0 unspecified atom stereocenters. The van der Waals surface area contributed by atoms with E-state index in [0.29, 0.717) is 25.0 Å². The maximum atomic E-state index is 12.0. The van der Waals surface area contributed by atoms with Gasteiger partial charge in [-0.1, -0.05) is 12.1 Å². The van der Waals surface area contributed by atoms with Crippen molar-refractivity contribution in [1.82, 2.24) is 4.98 Å². The van der Waals surface area contributed by atoms with Crippen LogP contribution in [-0.4, -0.2) is 17.4 Å². The lowest BCUT2D eigenvalue weighted by Crippen LogP contribution is -2.02. The number of hydrogen-bond acceptors (Lipinski definition) is 4. The molecule has 4 heteroatoms. The molecule has 0 aliphatic rings. The molecular formula is C14H15NO2S. The molecule has 0 saturated heterocycles. The van der Waals surface area contributed by atoms with Crippen molar-refractivity contribution in [2.75, 3.05) is 6.61 Å². The van der Waals surface area contributed by atoms with Crippen LogP contribution >= 0.6 is 11.3 Å². The number of hydrogen-bond donors (Lipinski definition) is 0. The number of benzene rings is 1. The van der Waals surface area contributed by atoms with Gasteiger partial charge in [-0.3, -0.25) is 4.79 Å². The smallest absolute Gasteiger partial charge is 0.163 e. The average molecular weight is 261 g/mol. The lowest BCUT2D eigenvalue weighted by Gasteiger charge is -2.05. The molecule has 0 saturated carbocycles. The maximum Gasteiger partial charge on any atom is 0.163 e. The predicted octanol–water partition coefficient (Wildman–Crippen LogP) is 3.36. The summed E-state index contributed by atoms with van der Waals surface area (Å²) in [7, 11) is 0. The summed E-state index contributed by atoms with van der Waals surface area (Å²) in [5.41, 5.74) is 0.706. The highest BCUT2D eigenvalue weighted by molar-refractivity contribution is 7.09. The maximum absolute atomic E-state index is 12.0. The minimum Gasteiger partial charge on any atom is -0.494 e. The molecule has 1 heterocycles. The molecule has 1 aromatic carbocycles. The van der Waals surface area contributed by atoms with Crippen molar-refractivity contribution in [1.29, 1.82) is 0 Å². The van der Waals surface area contributed by atoms with Crippen molar-refractivity contribution in [3.8, 4) is 5.75 Å². The minimum atomic E-state index is 0.131. The Morgan fingerprint density at radius 1 is 1.44 bits per heavy atom. The number of aromatic nitrogens is 1. The first-order valence-corrected chi connectivity index (χ1v) is 6.82. The molecule has 94 valence electrons. The molecular weight excluding hydrogens is 246 g/mol. The molecule has 0 spiro atoms. The Labute approximate surface area is 110 Å². The van der Waals surface area contributed by atoms with Gasteiger partial charge >= 0.3 is 0 Å². The third-order valence-corrected chi connectivity index (χ3v) is 3.36. The van der Waals surface area contributed by atoms with Crippen molar-refractivity contribution in [2.45, 2.75) is 19.8 Å². The first-order chi connectivity index (χ1) is 8.79. The Kier molecular flexibility index (Phi) is 4.47. The van der Waals surface area contributed by atoms with Gasteiger partial charge in [0.1, 0.15) is 5.75 Å². The van der Waals surface area contributed by atoms with Gasteiger partial charge in [-0.15, -0.1) is 11.3 Å². The number of ether oxygens (including phenoxy) is 1. The molecule has 0 amide bonds. The van der Waals surface area contributed by atoms with Crippen LogP contribution in [0.5, 0.6) is 5.75 Å². The summed E-state index contributed by atoms with van der Waals surface area (Å²) in [5, 5.41) is 2.93. The second-order valence-corrected chi connectivity index (χ2v) is 4.79. The first kappa shape index (κ1) is 12.8. The van der Waals surface area contributed by atoms with E-state index in [4.69, 9.17) is 4.74 Å². The summed E-state index contributed by atoms with van der Waals surface area (Å²) in [5.74, 6) is 0.879. The summed E-state index contributed by atoms with van der Waals surface area (Å²) in [6.07, 6.45) is 2.96. The molecule has 0 aliphatic carbocycles. The van der Waals surface area contributed by atoms with Gasteiger partial charge in [0.05, 0.1) is 11.6 Å². The van der Waals surface area contributed by atoms with Gasteiger partial charge in [0.2, 0.25) is 0 Å². The van der Waals surface area contributed by atoms with Gasteiger partial charge < -0.3 is 4.74 Å². The predicted molar refractivity (Wildman–Crippen MR) is 72.4 cm³/mol. The first-order valence-electron chi connectivity index (χ1n) is 5.94. The summed E-state index contributed by atoms with van der Waals surface area (Å²) < 4.78 is 5.38. The van der Waals surface area contributed by atoms with E-state index in [9.17, 15) is 4.79 Å². The van der Waals surface area contributed by atoms with Gasteiger partial charge in [-0.2, -0.15) is 0 Å². The van der Waals surface area contributed by atoms with E-state index in [1.165, 1.54) is 0 Å². The fraction of sp³-hybridized carbons (Fsp3) is 0.286. The minimum absolute atomic E-state index is 0.131. The summed E-state index contributed by atoms with van der Waals surface area (Å²) in [6.45, 7) is 2.54. The van der Waals surface area contributed by atoms with Gasteiger partial charge in [-0.05, 0) is 19.1 Å². The second-order valence-electron chi connectivity index (χ2n) is 3.81. The average Bonchev–Trinajstić information content (AvgIpc) is 2.90. The molecule has 0 fully saturated rings. The number of carbonyl (C=O) groups is 1. The van der Waals surface area contributed by atoms with Crippen LogP contribution in [0.3, 0.4) is 0 Å². The Bertz CT molecular complexity index is 508. The molecule has 18 heavy (non-hydrogen) atoms. The Morgan fingerprint density at radius 3 is 3.06 bits per heavy atom. The van der Waals surface area contributed by atoms with Gasteiger partial charge in [0.25, 0.3) is 0 Å². The largest absolute Gasteiger partial charge is 0.494 e. The van der Waals surface area contributed by atoms with Crippen LogP contribution in [0.4, 0.5) is 0 Å². The lowest BCUT2D eigenvalue weighted by atomic mass is 10.1. The number of ketones is 1. The van der Waals surface area contributed by atoms with E-state index >= 15 is 0 Å². The highest BCUT2D eigenvalue weighted by Crippen LogP contribution is 2.16. The second kappa shape index (κ2) is 6.31. The number of carbonyl (C=O) groups excluding carboxylic acids is 1. The van der Waals surface area contributed by atoms with Crippen molar-refractivity contribution in [2.24, 2.45) is 0 Å². The summed E-state index contributed by atoms with van der Waals surface area (Å²) >= 11 is 1.58. The number of aryl methyl sites for hydroxylation is 1. The normalized spacial score (nSPS) is 10.3. The van der Waals surface area contributed by atoms with E-state index in [0.717, 1.165) is 10.8 Å². The SMILES string of the molecule is CCOc1cccc(C(=O)CCc2nccs2)c1. The fourth-order valence-electron chi connectivity index (χ4n) is 1.67. The van der Waals surface area contributed by atoms with Crippen LogP contribution in [0, 0.1) is 0 Å². The van der Waals surface area contributed by atoms with Crippen LogP contribution in [0.25, 0.3) is 0 Å². The number of Topliss-reactive ketones (excluding diaryl/α,β-unsaturated/α-hetero) is 1. The van der Waals surface area contributed by atoms with Crippen LogP contribution < -0.4 is 4.74 Å². The van der Waals surface area contributed by atoms with Gasteiger partial charge in [-0.25, -0.2) is 4.98 Å². The molecule has 3 nitrogen and oxygen atoms in total. The quantitative estimate of drug-likeness (QED) is 0.748. The summed E-state index contributed by atoms with van der Waals surface area (Å²) in [4.78, 5) is 16.2. The lowest BCUT2D eigenvalue weighted by molar-refractivity contribution is 0.0982. The molecule has 1 aromatic heterocycles. The molecule has 0 radical (unpaired) electrons. The van der Waals surface area contributed by atoms with E-state index in [1.54, 1.807) is 23.6 Å². The van der Waals surface area contributed by atoms with Gasteiger partial charge in [0.15, 0.2) is 5.78 Å². The molecule has 0 aliphatic heterocycles. The number of rotatable bonds is 6. The zero-order valence-corrected chi connectivity index (χ0v) is 11.1. The fourth-order valence-corrected chi connectivity index (χ4v) is 2.29. The van der Waals surface area contributed by atoms with Crippen molar-refractivity contribution >= 4 is 17.1 Å². The van der Waals surface area contributed by atoms with E-state index < -0.39 is 0 Å². The zero-order chi connectivity index (χ0) is 12.8. The third-order valence-electron chi connectivity index (χ3n) is 2.52. The van der Waals surface area contributed by atoms with E-state index in [-0.39, 0.29) is 5.78 Å². The Balaban J connectivity index is 1.97. The van der Waals surface area contributed by atoms with Gasteiger partial charge in [0, 0.05) is 30.0 Å². The van der Waals surface area contributed by atoms with Crippen LogP contribution in [0.1, 0.15) is 28.7 Å². The topological polar surface area (TPSA) is 39.2 Å². The third kappa shape index (κ3) is 3.40. The molecule has 2 rings (SSSR count). The standard InChI is InChI=1S/C14H15NO2S/c1-2-17-12-5-3-4-11(10-12)13(16)6-7-14-15-8-9-18-14/h3-5,8-10H,2,6-7H2,1H3. The summed E-state index contributed by atoms with van der Waals surface area (Å²) in [6, 6.07) is 7.34. The number of thiazole rings is 1. The highest BCUT2D eigenvalue weighted by Gasteiger charge is 2.08. The van der Waals surface area contributed by atoms with Crippen LogP contribution in [-0.2, 0) is 6.42 Å². The zero-order valence-electron chi connectivity index (χ0n) is 10.3. The molecule has 0 bridgehead atoms. The molecule has 2 aromatic rings. The molecule has 0 atom stereocenters. The van der Waals surface area contributed by atoms with Crippen LogP contribution in [0.2, 0.25) is 0 Å². The van der Waals surface area contributed by atoms with Crippen molar-refractivity contribution in [3.05, 3.63) is 46.4 Å². The Hall–Kier alpha value is -1.68. The Morgan fingerprint density at radius 2 is 2.33 bits per heavy atom.